The average molecular weight is 346 g/mol. The number of rotatable bonds is 4. The number of nitrogens with one attached hydrogen (secondary N) is 1. The fourth-order valence-corrected chi connectivity index (χ4v) is 4.02. The van der Waals surface area contributed by atoms with Gasteiger partial charge in [0.25, 0.3) is 0 Å². The molecule has 2 fully saturated rings. The van der Waals surface area contributed by atoms with Crippen molar-refractivity contribution in [2.24, 2.45) is 5.41 Å². The van der Waals surface area contributed by atoms with E-state index in [9.17, 15) is 8.78 Å². The fraction of sp³-hybridized carbons (Fsp3) is 0.600. The first kappa shape index (κ1) is 14.3. The van der Waals surface area contributed by atoms with Gasteiger partial charge in [-0.05, 0) is 48.2 Å². The van der Waals surface area contributed by atoms with Gasteiger partial charge in [-0.1, -0.05) is 6.42 Å². The SMILES string of the molecule is CCOC1CC(Nc2c(F)cc(F)cc2Br)C12CCC2. The molecular weight excluding hydrogens is 328 g/mol. The van der Waals surface area contributed by atoms with E-state index in [1.54, 1.807) is 0 Å². The molecule has 110 valence electrons. The Labute approximate surface area is 126 Å². The van der Waals surface area contributed by atoms with E-state index in [4.69, 9.17) is 4.74 Å². The maximum atomic E-state index is 13.9. The van der Waals surface area contributed by atoms with Crippen LogP contribution in [0.5, 0.6) is 0 Å². The van der Waals surface area contributed by atoms with Crippen LogP contribution in [0.3, 0.4) is 0 Å². The zero-order valence-electron chi connectivity index (χ0n) is 11.4. The van der Waals surface area contributed by atoms with Crippen molar-refractivity contribution in [3.8, 4) is 0 Å². The predicted octanol–water partition coefficient (Wildman–Crippen LogP) is 4.49. The van der Waals surface area contributed by atoms with Gasteiger partial charge in [0.15, 0.2) is 0 Å². The van der Waals surface area contributed by atoms with Gasteiger partial charge in [-0.3, -0.25) is 0 Å². The van der Waals surface area contributed by atoms with Crippen molar-refractivity contribution in [1.82, 2.24) is 0 Å². The maximum absolute atomic E-state index is 13.9. The van der Waals surface area contributed by atoms with Gasteiger partial charge in [-0.2, -0.15) is 0 Å². The molecule has 0 saturated heterocycles. The van der Waals surface area contributed by atoms with Gasteiger partial charge >= 0.3 is 0 Å². The van der Waals surface area contributed by atoms with Crippen LogP contribution in [0.2, 0.25) is 0 Å². The van der Waals surface area contributed by atoms with Crippen molar-refractivity contribution < 1.29 is 13.5 Å². The highest BCUT2D eigenvalue weighted by atomic mass is 79.9. The third-order valence-electron chi connectivity index (χ3n) is 4.76. The molecule has 0 radical (unpaired) electrons. The lowest BCUT2D eigenvalue weighted by Gasteiger charge is -2.61. The van der Waals surface area contributed by atoms with Crippen LogP contribution in [0.25, 0.3) is 0 Å². The standard InChI is InChI=1S/C15H18BrF2NO/c1-2-20-13-8-12(15(13)4-3-5-15)19-14-10(16)6-9(17)7-11(14)18/h6-7,12-13,19H,2-5,8H2,1H3. The van der Waals surface area contributed by atoms with E-state index in [1.165, 1.54) is 12.5 Å². The van der Waals surface area contributed by atoms with E-state index in [0.717, 1.165) is 25.3 Å². The maximum Gasteiger partial charge on any atom is 0.150 e. The highest BCUT2D eigenvalue weighted by Crippen LogP contribution is 2.58. The van der Waals surface area contributed by atoms with Gasteiger partial charge in [0.05, 0.1) is 11.8 Å². The van der Waals surface area contributed by atoms with E-state index in [-0.39, 0.29) is 17.6 Å². The largest absolute Gasteiger partial charge is 0.378 e. The second-order valence-corrected chi connectivity index (χ2v) is 6.56. The second-order valence-electron chi connectivity index (χ2n) is 5.71. The van der Waals surface area contributed by atoms with Crippen molar-refractivity contribution >= 4 is 21.6 Å². The molecule has 2 aliphatic rings. The summed E-state index contributed by atoms with van der Waals surface area (Å²) in [4.78, 5) is 0. The Bertz CT molecular complexity index is 496. The quantitative estimate of drug-likeness (QED) is 0.868. The van der Waals surface area contributed by atoms with Crippen LogP contribution in [-0.2, 0) is 4.74 Å². The van der Waals surface area contributed by atoms with Crippen molar-refractivity contribution in [1.29, 1.82) is 0 Å². The van der Waals surface area contributed by atoms with Crippen molar-refractivity contribution in [3.63, 3.8) is 0 Å². The highest BCUT2D eigenvalue weighted by molar-refractivity contribution is 9.10. The van der Waals surface area contributed by atoms with Gasteiger partial charge in [0.2, 0.25) is 0 Å². The molecule has 0 bridgehead atoms. The zero-order chi connectivity index (χ0) is 14.3. The first-order valence-electron chi connectivity index (χ1n) is 7.09. The van der Waals surface area contributed by atoms with Gasteiger partial charge in [0, 0.05) is 28.6 Å². The molecule has 1 aromatic rings. The topological polar surface area (TPSA) is 21.3 Å². The summed E-state index contributed by atoms with van der Waals surface area (Å²) >= 11 is 3.23. The van der Waals surface area contributed by atoms with Crippen molar-refractivity contribution in [3.05, 3.63) is 28.2 Å². The molecule has 1 N–H and O–H groups in total. The minimum absolute atomic E-state index is 0.149. The van der Waals surface area contributed by atoms with Crippen LogP contribution in [0.15, 0.2) is 16.6 Å². The molecule has 20 heavy (non-hydrogen) atoms. The lowest BCUT2D eigenvalue weighted by atomic mass is 9.51. The van der Waals surface area contributed by atoms with E-state index < -0.39 is 11.6 Å². The number of halogens is 3. The molecule has 0 amide bonds. The lowest BCUT2D eigenvalue weighted by Crippen LogP contribution is -2.64. The average Bonchev–Trinajstić information content (AvgIpc) is 2.28. The summed E-state index contributed by atoms with van der Waals surface area (Å²) in [5, 5.41) is 3.25. The normalized spacial score (nSPS) is 27.0. The fourth-order valence-electron chi connectivity index (χ4n) is 3.50. The Hall–Kier alpha value is -0.680. The molecule has 1 spiro atoms. The first-order chi connectivity index (χ1) is 9.56. The van der Waals surface area contributed by atoms with Crippen LogP contribution >= 0.6 is 15.9 Å². The van der Waals surface area contributed by atoms with E-state index >= 15 is 0 Å². The lowest BCUT2D eigenvalue weighted by molar-refractivity contribution is -0.157. The Morgan fingerprint density at radius 1 is 1.40 bits per heavy atom. The van der Waals surface area contributed by atoms with Crippen LogP contribution in [0, 0.1) is 17.0 Å². The first-order valence-corrected chi connectivity index (χ1v) is 7.89. The predicted molar refractivity (Wildman–Crippen MR) is 77.8 cm³/mol. The molecule has 2 saturated carbocycles. The van der Waals surface area contributed by atoms with Gasteiger partial charge in [-0.25, -0.2) is 8.78 Å². The van der Waals surface area contributed by atoms with E-state index in [1.807, 2.05) is 6.92 Å². The summed E-state index contributed by atoms with van der Waals surface area (Å²) in [6, 6.07) is 2.42. The summed E-state index contributed by atoms with van der Waals surface area (Å²) < 4.78 is 33.2. The van der Waals surface area contributed by atoms with Crippen LogP contribution in [-0.4, -0.2) is 18.8 Å². The summed E-state index contributed by atoms with van der Waals surface area (Å²) in [5.41, 5.74) is 0.508. The Balaban J connectivity index is 1.76. The molecule has 3 rings (SSSR count). The number of anilines is 1. The third kappa shape index (κ3) is 2.15. The third-order valence-corrected chi connectivity index (χ3v) is 5.39. The number of benzene rings is 1. The van der Waals surface area contributed by atoms with Gasteiger partial charge in [-0.15, -0.1) is 0 Å². The van der Waals surface area contributed by atoms with Crippen LogP contribution in [0.4, 0.5) is 14.5 Å². The molecule has 2 aliphatic carbocycles. The molecule has 0 aromatic heterocycles. The highest BCUT2D eigenvalue weighted by Gasteiger charge is 2.59. The molecular formula is C15H18BrF2NO. The molecule has 2 unspecified atom stereocenters. The van der Waals surface area contributed by atoms with Crippen molar-refractivity contribution in [2.45, 2.75) is 44.8 Å². The molecule has 2 nitrogen and oxygen atoms in total. The Morgan fingerprint density at radius 3 is 2.70 bits per heavy atom. The van der Waals surface area contributed by atoms with E-state index in [0.29, 0.717) is 16.8 Å². The number of ether oxygens (including phenoxy) is 1. The summed E-state index contributed by atoms with van der Waals surface area (Å²) in [6.07, 6.45) is 4.61. The van der Waals surface area contributed by atoms with Gasteiger partial charge < -0.3 is 10.1 Å². The molecule has 5 heteroatoms. The smallest absolute Gasteiger partial charge is 0.150 e. The molecule has 0 heterocycles. The van der Waals surface area contributed by atoms with Crippen LogP contribution < -0.4 is 5.32 Å². The van der Waals surface area contributed by atoms with Crippen molar-refractivity contribution in [2.75, 3.05) is 11.9 Å². The van der Waals surface area contributed by atoms with Gasteiger partial charge in [0.1, 0.15) is 11.6 Å². The molecule has 1 aromatic carbocycles. The summed E-state index contributed by atoms with van der Waals surface area (Å²) in [5.74, 6) is -1.12. The number of hydrogen-bond donors (Lipinski definition) is 1. The second kappa shape index (κ2) is 5.26. The molecule has 2 atom stereocenters. The molecule has 0 aliphatic heterocycles. The Morgan fingerprint density at radius 2 is 2.15 bits per heavy atom. The summed E-state index contributed by atoms with van der Waals surface area (Å²) in [7, 11) is 0. The monoisotopic (exact) mass is 345 g/mol. The Kier molecular flexibility index (Phi) is 3.75. The zero-order valence-corrected chi connectivity index (χ0v) is 13.0. The minimum atomic E-state index is -0.570. The number of hydrogen-bond acceptors (Lipinski definition) is 2. The van der Waals surface area contributed by atoms with E-state index in [2.05, 4.69) is 21.2 Å². The summed E-state index contributed by atoms with van der Waals surface area (Å²) in [6.45, 7) is 2.72. The van der Waals surface area contributed by atoms with Crippen LogP contribution in [0.1, 0.15) is 32.6 Å². The minimum Gasteiger partial charge on any atom is -0.378 e.